The molecular formula is C8H6ClN. The van der Waals surface area contributed by atoms with Crippen molar-refractivity contribution < 1.29 is 0 Å². The van der Waals surface area contributed by atoms with Gasteiger partial charge in [0.1, 0.15) is 0 Å². The SMILES string of the molecule is Clc1ccnc2c1CC=C2. The van der Waals surface area contributed by atoms with Crippen LogP contribution in [0.2, 0.25) is 5.02 Å². The molecule has 10 heavy (non-hydrogen) atoms. The highest BCUT2D eigenvalue weighted by atomic mass is 35.5. The largest absolute Gasteiger partial charge is 0.256 e. The first kappa shape index (κ1) is 5.93. The van der Waals surface area contributed by atoms with Crippen LogP contribution in [-0.2, 0) is 6.42 Å². The minimum absolute atomic E-state index is 0.829. The molecule has 1 aliphatic rings. The van der Waals surface area contributed by atoms with Crippen LogP contribution in [0.1, 0.15) is 11.3 Å². The Bertz CT molecular complexity index is 291. The zero-order valence-corrected chi connectivity index (χ0v) is 6.10. The summed E-state index contributed by atoms with van der Waals surface area (Å²) in [4.78, 5) is 4.15. The summed E-state index contributed by atoms with van der Waals surface area (Å²) < 4.78 is 0. The smallest absolute Gasteiger partial charge is 0.0676 e. The predicted molar refractivity (Wildman–Crippen MR) is 42.0 cm³/mol. The third-order valence-electron chi connectivity index (χ3n) is 1.63. The van der Waals surface area contributed by atoms with Gasteiger partial charge >= 0.3 is 0 Å². The first-order valence-electron chi connectivity index (χ1n) is 3.18. The number of allylic oxidation sites excluding steroid dienone is 1. The predicted octanol–water partition coefficient (Wildman–Crippen LogP) is 2.30. The van der Waals surface area contributed by atoms with Gasteiger partial charge in [-0.05, 0) is 18.6 Å². The van der Waals surface area contributed by atoms with E-state index in [1.165, 1.54) is 0 Å². The fourth-order valence-electron chi connectivity index (χ4n) is 1.12. The van der Waals surface area contributed by atoms with Crippen molar-refractivity contribution in [2.75, 3.05) is 0 Å². The number of pyridine rings is 1. The number of rotatable bonds is 0. The van der Waals surface area contributed by atoms with Crippen molar-refractivity contribution in [2.24, 2.45) is 0 Å². The first-order valence-corrected chi connectivity index (χ1v) is 3.55. The maximum Gasteiger partial charge on any atom is 0.0676 e. The summed E-state index contributed by atoms with van der Waals surface area (Å²) in [5.41, 5.74) is 2.18. The van der Waals surface area contributed by atoms with E-state index in [4.69, 9.17) is 11.6 Å². The molecule has 1 aromatic rings. The Morgan fingerprint density at radius 3 is 3.20 bits per heavy atom. The fraction of sp³-hybridized carbons (Fsp3) is 0.125. The van der Waals surface area contributed by atoms with E-state index in [1.54, 1.807) is 6.20 Å². The summed E-state index contributed by atoms with van der Waals surface area (Å²) in [6.45, 7) is 0. The minimum atomic E-state index is 0.829. The number of fused-ring (bicyclic) bond motifs is 1. The van der Waals surface area contributed by atoms with Crippen LogP contribution in [0, 0.1) is 0 Å². The van der Waals surface area contributed by atoms with E-state index in [-0.39, 0.29) is 0 Å². The van der Waals surface area contributed by atoms with Crippen LogP contribution in [0.5, 0.6) is 0 Å². The topological polar surface area (TPSA) is 12.9 Å². The molecule has 1 aromatic heterocycles. The molecule has 0 saturated heterocycles. The third-order valence-corrected chi connectivity index (χ3v) is 1.98. The van der Waals surface area contributed by atoms with Crippen molar-refractivity contribution in [3.8, 4) is 0 Å². The highest BCUT2D eigenvalue weighted by Crippen LogP contribution is 2.24. The van der Waals surface area contributed by atoms with E-state index >= 15 is 0 Å². The second-order valence-electron chi connectivity index (χ2n) is 2.26. The molecule has 0 N–H and O–H groups in total. The van der Waals surface area contributed by atoms with E-state index < -0.39 is 0 Å². The van der Waals surface area contributed by atoms with Crippen molar-refractivity contribution >= 4 is 17.7 Å². The van der Waals surface area contributed by atoms with Crippen LogP contribution < -0.4 is 0 Å². The summed E-state index contributed by atoms with van der Waals surface area (Å²) in [6.07, 6.45) is 6.74. The van der Waals surface area contributed by atoms with Gasteiger partial charge in [0.25, 0.3) is 0 Å². The normalized spacial score (nSPS) is 13.7. The number of hydrogen-bond donors (Lipinski definition) is 0. The second-order valence-corrected chi connectivity index (χ2v) is 2.67. The van der Waals surface area contributed by atoms with Gasteiger partial charge in [-0.25, -0.2) is 0 Å². The molecule has 50 valence electrons. The lowest BCUT2D eigenvalue weighted by Gasteiger charge is -1.97. The zero-order chi connectivity index (χ0) is 6.97. The molecule has 0 fully saturated rings. The first-order chi connectivity index (χ1) is 4.88. The number of halogens is 1. The molecule has 0 aliphatic heterocycles. The van der Waals surface area contributed by atoms with Crippen molar-refractivity contribution in [3.05, 3.63) is 34.6 Å². The van der Waals surface area contributed by atoms with Crippen molar-refractivity contribution in [1.29, 1.82) is 0 Å². The minimum Gasteiger partial charge on any atom is -0.256 e. The maximum atomic E-state index is 5.89. The summed E-state index contributed by atoms with van der Waals surface area (Å²) in [5, 5.41) is 0.829. The van der Waals surface area contributed by atoms with Crippen LogP contribution >= 0.6 is 11.6 Å². The van der Waals surface area contributed by atoms with Gasteiger partial charge in [0, 0.05) is 16.8 Å². The van der Waals surface area contributed by atoms with E-state index in [0.29, 0.717) is 0 Å². The highest BCUT2D eigenvalue weighted by Gasteiger charge is 2.08. The lowest BCUT2D eigenvalue weighted by molar-refractivity contribution is 1.21. The Hall–Kier alpha value is -0.820. The Labute approximate surface area is 64.4 Å². The van der Waals surface area contributed by atoms with E-state index in [9.17, 15) is 0 Å². The molecule has 1 aliphatic carbocycles. The molecule has 2 heteroatoms. The van der Waals surface area contributed by atoms with Crippen LogP contribution in [-0.4, -0.2) is 4.98 Å². The lowest BCUT2D eigenvalue weighted by atomic mass is 10.2. The Balaban J connectivity index is 2.66. The van der Waals surface area contributed by atoms with Gasteiger partial charge in [0.2, 0.25) is 0 Å². The monoisotopic (exact) mass is 151 g/mol. The van der Waals surface area contributed by atoms with Gasteiger partial charge < -0.3 is 0 Å². The van der Waals surface area contributed by atoms with Crippen LogP contribution in [0.3, 0.4) is 0 Å². The maximum absolute atomic E-state index is 5.89. The summed E-state index contributed by atoms with van der Waals surface area (Å²) in [6, 6.07) is 1.83. The van der Waals surface area contributed by atoms with Gasteiger partial charge in [-0.15, -0.1) is 0 Å². The van der Waals surface area contributed by atoms with Crippen LogP contribution in [0.15, 0.2) is 18.3 Å². The van der Waals surface area contributed by atoms with Gasteiger partial charge in [-0.3, -0.25) is 4.98 Å². The quantitative estimate of drug-likeness (QED) is 0.555. The molecular weight excluding hydrogens is 146 g/mol. The molecule has 0 amide bonds. The molecule has 0 spiro atoms. The van der Waals surface area contributed by atoms with E-state index in [0.717, 1.165) is 22.7 Å². The average Bonchev–Trinajstić information content (AvgIpc) is 2.36. The molecule has 1 heterocycles. The molecule has 0 aromatic carbocycles. The standard InChI is InChI=1S/C8H6ClN/c9-7-4-5-10-8-3-1-2-6(7)8/h1,3-5H,2H2. The van der Waals surface area contributed by atoms with Crippen LogP contribution in [0.25, 0.3) is 6.08 Å². The van der Waals surface area contributed by atoms with Gasteiger partial charge in [0.05, 0.1) is 5.69 Å². The van der Waals surface area contributed by atoms with Gasteiger partial charge in [-0.2, -0.15) is 0 Å². The molecule has 0 unspecified atom stereocenters. The summed E-state index contributed by atoms with van der Waals surface area (Å²) in [7, 11) is 0. The molecule has 0 atom stereocenters. The van der Waals surface area contributed by atoms with Gasteiger partial charge in [0.15, 0.2) is 0 Å². The molecule has 0 bridgehead atoms. The third kappa shape index (κ3) is 0.745. The lowest BCUT2D eigenvalue weighted by Crippen LogP contribution is -1.85. The molecule has 0 saturated carbocycles. The number of hydrogen-bond acceptors (Lipinski definition) is 1. The summed E-state index contributed by atoms with van der Waals surface area (Å²) in [5.74, 6) is 0. The van der Waals surface area contributed by atoms with E-state index in [2.05, 4.69) is 11.1 Å². The fourth-order valence-corrected chi connectivity index (χ4v) is 1.35. The number of aromatic nitrogens is 1. The zero-order valence-electron chi connectivity index (χ0n) is 5.34. The molecule has 0 radical (unpaired) electrons. The van der Waals surface area contributed by atoms with Crippen molar-refractivity contribution in [3.63, 3.8) is 0 Å². The number of nitrogens with zero attached hydrogens (tertiary/aromatic N) is 1. The van der Waals surface area contributed by atoms with Crippen molar-refractivity contribution in [2.45, 2.75) is 6.42 Å². The average molecular weight is 152 g/mol. The van der Waals surface area contributed by atoms with Crippen LogP contribution in [0.4, 0.5) is 0 Å². The Kier molecular flexibility index (Phi) is 1.24. The Morgan fingerprint density at radius 1 is 1.50 bits per heavy atom. The molecule has 1 nitrogen and oxygen atoms in total. The van der Waals surface area contributed by atoms with E-state index in [1.807, 2.05) is 12.1 Å². The summed E-state index contributed by atoms with van der Waals surface area (Å²) >= 11 is 5.89. The molecule has 2 rings (SSSR count). The van der Waals surface area contributed by atoms with Gasteiger partial charge in [-0.1, -0.05) is 17.7 Å². The van der Waals surface area contributed by atoms with Crippen molar-refractivity contribution in [1.82, 2.24) is 4.98 Å². The Morgan fingerprint density at radius 2 is 2.40 bits per heavy atom. The second kappa shape index (κ2) is 2.10. The highest BCUT2D eigenvalue weighted by molar-refractivity contribution is 6.31.